The van der Waals surface area contributed by atoms with Gasteiger partial charge in [0.25, 0.3) is 0 Å². The highest BCUT2D eigenvalue weighted by Gasteiger charge is 2.16. The lowest BCUT2D eigenvalue weighted by Crippen LogP contribution is -2.38. The Balaban J connectivity index is 3.74. The number of hydrogen-bond acceptors (Lipinski definition) is 4. The summed E-state index contributed by atoms with van der Waals surface area (Å²) in [6.45, 7) is 5.46. The molecule has 0 aliphatic carbocycles. The molecule has 0 rings (SSSR count). The van der Waals surface area contributed by atoms with E-state index >= 15 is 0 Å². The highest BCUT2D eigenvalue weighted by molar-refractivity contribution is 5.67. The molecule has 1 amide bonds. The van der Waals surface area contributed by atoms with Crippen LogP contribution in [-0.4, -0.2) is 43.2 Å². The Morgan fingerprint density at radius 3 is 2.43 bits per heavy atom. The molecule has 0 radical (unpaired) electrons. The van der Waals surface area contributed by atoms with Gasteiger partial charge in [-0.25, -0.2) is 4.79 Å². The Morgan fingerprint density at radius 2 is 2.07 bits per heavy atom. The number of amides is 1. The molecule has 14 heavy (non-hydrogen) atoms. The lowest BCUT2D eigenvalue weighted by atomic mass is 10.2. The molecular formula is C9H19NO4. The molecule has 5 nitrogen and oxygen atoms in total. The van der Waals surface area contributed by atoms with Gasteiger partial charge in [-0.3, -0.25) is 0 Å². The maximum Gasteiger partial charge on any atom is 0.407 e. The molecule has 0 aliphatic heterocycles. The second kappa shape index (κ2) is 5.82. The molecular weight excluding hydrogens is 186 g/mol. The number of methoxy groups -OCH3 is 1. The van der Waals surface area contributed by atoms with E-state index in [1.807, 2.05) is 0 Å². The standard InChI is InChI=1S/C9H19NO4/c1-9(2,3)14-8(12)10-5-7(6-11)13-4/h7,11H,5-6H2,1-4H3,(H,10,12). The van der Waals surface area contributed by atoms with Crippen molar-refractivity contribution < 1.29 is 19.4 Å². The van der Waals surface area contributed by atoms with Crippen molar-refractivity contribution in [2.45, 2.75) is 32.5 Å². The molecule has 0 saturated heterocycles. The summed E-state index contributed by atoms with van der Waals surface area (Å²) in [4.78, 5) is 11.1. The van der Waals surface area contributed by atoms with Crippen molar-refractivity contribution in [1.29, 1.82) is 0 Å². The van der Waals surface area contributed by atoms with Gasteiger partial charge in [0.2, 0.25) is 0 Å². The van der Waals surface area contributed by atoms with Crippen molar-refractivity contribution in [2.24, 2.45) is 0 Å². The summed E-state index contributed by atoms with van der Waals surface area (Å²) in [7, 11) is 1.47. The van der Waals surface area contributed by atoms with Gasteiger partial charge in [-0.15, -0.1) is 0 Å². The molecule has 0 fully saturated rings. The van der Waals surface area contributed by atoms with E-state index in [1.54, 1.807) is 20.8 Å². The highest BCUT2D eigenvalue weighted by Crippen LogP contribution is 2.06. The van der Waals surface area contributed by atoms with Gasteiger partial charge >= 0.3 is 6.09 Å². The Bertz CT molecular complexity index is 172. The summed E-state index contributed by atoms with van der Waals surface area (Å²) >= 11 is 0. The van der Waals surface area contributed by atoms with Crippen LogP contribution in [0.5, 0.6) is 0 Å². The number of nitrogens with one attached hydrogen (secondary N) is 1. The van der Waals surface area contributed by atoms with E-state index in [-0.39, 0.29) is 19.3 Å². The van der Waals surface area contributed by atoms with E-state index in [1.165, 1.54) is 7.11 Å². The van der Waals surface area contributed by atoms with Crippen LogP contribution in [0, 0.1) is 0 Å². The largest absolute Gasteiger partial charge is 0.444 e. The molecule has 1 unspecified atom stereocenters. The quantitative estimate of drug-likeness (QED) is 0.702. The molecule has 0 aromatic rings. The predicted molar refractivity (Wildman–Crippen MR) is 52.1 cm³/mol. The van der Waals surface area contributed by atoms with Crippen molar-refractivity contribution in [1.82, 2.24) is 5.32 Å². The first-order chi connectivity index (χ1) is 6.39. The summed E-state index contributed by atoms with van der Waals surface area (Å²) < 4.78 is 9.85. The van der Waals surface area contributed by atoms with Gasteiger partial charge in [0.15, 0.2) is 0 Å². The highest BCUT2D eigenvalue weighted by atomic mass is 16.6. The van der Waals surface area contributed by atoms with E-state index in [0.717, 1.165) is 0 Å². The molecule has 0 aromatic heterocycles. The van der Waals surface area contributed by atoms with Crippen molar-refractivity contribution in [3.8, 4) is 0 Å². The van der Waals surface area contributed by atoms with Crippen molar-refractivity contribution in [3.63, 3.8) is 0 Å². The van der Waals surface area contributed by atoms with Gasteiger partial charge in [0.1, 0.15) is 5.60 Å². The van der Waals surface area contributed by atoms with Crippen LogP contribution in [0.2, 0.25) is 0 Å². The number of rotatable bonds is 4. The second-order valence-corrected chi connectivity index (χ2v) is 3.92. The molecule has 0 aliphatic rings. The first kappa shape index (κ1) is 13.2. The number of aliphatic hydroxyl groups is 1. The smallest absolute Gasteiger partial charge is 0.407 e. The second-order valence-electron chi connectivity index (χ2n) is 3.92. The molecule has 0 aromatic carbocycles. The van der Waals surface area contributed by atoms with Gasteiger partial charge in [-0.05, 0) is 20.8 Å². The number of carbonyl (C=O) groups is 1. The zero-order valence-corrected chi connectivity index (χ0v) is 9.16. The van der Waals surface area contributed by atoms with E-state index in [4.69, 9.17) is 14.6 Å². The molecule has 0 spiro atoms. The van der Waals surface area contributed by atoms with Crippen LogP contribution < -0.4 is 5.32 Å². The maximum atomic E-state index is 11.1. The minimum atomic E-state index is -0.508. The van der Waals surface area contributed by atoms with Gasteiger partial charge in [0, 0.05) is 13.7 Å². The molecule has 0 bridgehead atoms. The average molecular weight is 205 g/mol. The van der Waals surface area contributed by atoms with Crippen LogP contribution in [0.25, 0.3) is 0 Å². The van der Waals surface area contributed by atoms with E-state index in [2.05, 4.69) is 5.32 Å². The monoisotopic (exact) mass is 205 g/mol. The number of ether oxygens (including phenoxy) is 2. The fourth-order valence-corrected chi connectivity index (χ4v) is 0.734. The molecule has 2 N–H and O–H groups in total. The topological polar surface area (TPSA) is 67.8 Å². The van der Waals surface area contributed by atoms with Crippen LogP contribution in [-0.2, 0) is 9.47 Å². The van der Waals surface area contributed by atoms with Crippen molar-refractivity contribution >= 4 is 6.09 Å². The summed E-state index contributed by atoms with van der Waals surface area (Å²) in [5, 5.41) is 11.2. The fraction of sp³-hybridized carbons (Fsp3) is 0.889. The minimum Gasteiger partial charge on any atom is -0.444 e. The third kappa shape index (κ3) is 6.68. The van der Waals surface area contributed by atoms with Crippen LogP contribution in [0.3, 0.4) is 0 Å². The van der Waals surface area contributed by atoms with Gasteiger partial charge in [0.05, 0.1) is 12.7 Å². The van der Waals surface area contributed by atoms with Gasteiger partial charge < -0.3 is 19.9 Å². The molecule has 1 atom stereocenters. The van der Waals surface area contributed by atoms with Gasteiger partial charge in [-0.1, -0.05) is 0 Å². The third-order valence-electron chi connectivity index (χ3n) is 1.41. The number of hydrogen-bond donors (Lipinski definition) is 2. The summed E-state index contributed by atoms with van der Waals surface area (Å²) in [5.74, 6) is 0. The molecule has 84 valence electrons. The fourth-order valence-electron chi connectivity index (χ4n) is 0.734. The van der Waals surface area contributed by atoms with E-state index in [0.29, 0.717) is 0 Å². The van der Waals surface area contributed by atoms with E-state index < -0.39 is 11.7 Å². The molecule has 0 heterocycles. The number of aliphatic hydroxyl groups excluding tert-OH is 1. The first-order valence-corrected chi connectivity index (χ1v) is 4.49. The predicted octanol–water partition coefficient (Wildman–Crippen LogP) is 0.518. The average Bonchev–Trinajstić information content (AvgIpc) is 2.03. The summed E-state index contributed by atoms with van der Waals surface area (Å²) in [6, 6.07) is 0. The van der Waals surface area contributed by atoms with Crippen molar-refractivity contribution in [3.05, 3.63) is 0 Å². The third-order valence-corrected chi connectivity index (χ3v) is 1.41. The van der Waals surface area contributed by atoms with Crippen LogP contribution in [0.15, 0.2) is 0 Å². The molecule has 0 saturated carbocycles. The van der Waals surface area contributed by atoms with Crippen LogP contribution in [0.1, 0.15) is 20.8 Å². The first-order valence-electron chi connectivity index (χ1n) is 4.49. The van der Waals surface area contributed by atoms with Gasteiger partial charge in [-0.2, -0.15) is 0 Å². The normalized spacial score (nSPS) is 13.5. The van der Waals surface area contributed by atoms with E-state index in [9.17, 15) is 4.79 Å². The summed E-state index contributed by atoms with van der Waals surface area (Å²) in [6.07, 6.45) is -0.893. The van der Waals surface area contributed by atoms with Crippen LogP contribution >= 0.6 is 0 Å². The Morgan fingerprint density at radius 1 is 1.50 bits per heavy atom. The molecule has 5 heteroatoms. The van der Waals surface area contributed by atoms with Crippen molar-refractivity contribution in [2.75, 3.05) is 20.3 Å². The maximum absolute atomic E-state index is 11.1. The number of carbonyl (C=O) groups excluding carboxylic acids is 1. The Hall–Kier alpha value is -0.810. The van der Waals surface area contributed by atoms with Crippen LogP contribution in [0.4, 0.5) is 4.79 Å². The SMILES string of the molecule is COC(CO)CNC(=O)OC(C)(C)C. The minimum absolute atomic E-state index is 0.133. The zero-order valence-electron chi connectivity index (χ0n) is 9.16. The Kier molecular flexibility index (Phi) is 5.49. The summed E-state index contributed by atoms with van der Waals surface area (Å²) in [5.41, 5.74) is -0.508. The Labute approximate surface area is 84.4 Å². The number of alkyl carbamates (subject to hydrolysis) is 1. The lowest BCUT2D eigenvalue weighted by molar-refractivity contribution is 0.0329. The lowest BCUT2D eigenvalue weighted by Gasteiger charge is -2.20. The zero-order chi connectivity index (χ0) is 11.2.